The van der Waals surface area contributed by atoms with Gasteiger partial charge in [-0.2, -0.15) is 18.4 Å². The molecule has 0 saturated carbocycles. The Kier molecular flexibility index (Phi) is 4.25. The number of hydrogen-bond acceptors (Lipinski definition) is 2. The third-order valence-corrected chi connectivity index (χ3v) is 2.89. The molecule has 5 heteroatoms. The standard InChI is InChI=1S/C11H10F3NS/c1-8-4-5-9(3-2-6-15)7-10(8)16-11(12,13)14/h4-5,7H,2-3H2,1H3. The van der Waals surface area contributed by atoms with Crippen molar-refractivity contribution in [2.45, 2.75) is 30.2 Å². The van der Waals surface area contributed by atoms with Crippen molar-refractivity contribution >= 4 is 11.8 Å². The molecule has 0 N–H and O–H groups in total. The van der Waals surface area contributed by atoms with Gasteiger partial charge in [0, 0.05) is 11.3 Å². The van der Waals surface area contributed by atoms with Gasteiger partial charge in [0.05, 0.1) is 6.07 Å². The van der Waals surface area contributed by atoms with Crippen LogP contribution in [0.3, 0.4) is 0 Å². The predicted molar refractivity (Wildman–Crippen MR) is 57.0 cm³/mol. The van der Waals surface area contributed by atoms with E-state index in [9.17, 15) is 13.2 Å². The molecule has 1 nitrogen and oxygen atoms in total. The molecule has 0 heterocycles. The lowest BCUT2D eigenvalue weighted by molar-refractivity contribution is -0.0328. The van der Waals surface area contributed by atoms with Gasteiger partial charge in [0.1, 0.15) is 0 Å². The van der Waals surface area contributed by atoms with Crippen LogP contribution in [0.25, 0.3) is 0 Å². The van der Waals surface area contributed by atoms with Crippen LogP contribution in [-0.4, -0.2) is 5.51 Å². The molecule has 0 aliphatic rings. The van der Waals surface area contributed by atoms with Crippen molar-refractivity contribution in [1.82, 2.24) is 0 Å². The highest BCUT2D eigenvalue weighted by Crippen LogP contribution is 2.38. The molecular weight excluding hydrogens is 235 g/mol. The molecule has 0 fully saturated rings. The molecule has 0 spiro atoms. The Morgan fingerprint density at radius 2 is 2.06 bits per heavy atom. The van der Waals surface area contributed by atoms with Crippen LogP contribution in [0, 0.1) is 18.3 Å². The second-order valence-electron chi connectivity index (χ2n) is 3.31. The SMILES string of the molecule is Cc1ccc(CCC#N)cc1SC(F)(F)F. The van der Waals surface area contributed by atoms with Gasteiger partial charge >= 0.3 is 5.51 Å². The molecular formula is C11H10F3NS. The number of hydrogen-bond donors (Lipinski definition) is 0. The van der Waals surface area contributed by atoms with Gasteiger partial charge in [-0.25, -0.2) is 0 Å². The Balaban J connectivity index is 2.87. The quantitative estimate of drug-likeness (QED) is 0.750. The number of alkyl halides is 3. The van der Waals surface area contributed by atoms with Crippen molar-refractivity contribution in [3.05, 3.63) is 29.3 Å². The fraction of sp³-hybridized carbons (Fsp3) is 0.364. The third-order valence-electron chi connectivity index (χ3n) is 2.00. The smallest absolute Gasteiger partial charge is 0.198 e. The Bertz CT molecular complexity index is 407. The first-order valence-corrected chi connectivity index (χ1v) is 5.46. The van der Waals surface area contributed by atoms with Crippen molar-refractivity contribution in [2.24, 2.45) is 0 Å². The van der Waals surface area contributed by atoms with E-state index in [-0.39, 0.29) is 16.7 Å². The highest BCUT2D eigenvalue weighted by Gasteiger charge is 2.29. The van der Waals surface area contributed by atoms with Crippen molar-refractivity contribution in [3.63, 3.8) is 0 Å². The van der Waals surface area contributed by atoms with E-state index in [4.69, 9.17) is 5.26 Å². The van der Waals surface area contributed by atoms with Crippen LogP contribution in [0.4, 0.5) is 13.2 Å². The second kappa shape index (κ2) is 5.26. The molecule has 0 atom stereocenters. The highest BCUT2D eigenvalue weighted by atomic mass is 32.2. The average Bonchev–Trinajstić information content (AvgIpc) is 2.17. The van der Waals surface area contributed by atoms with Gasteiger partial charge in [0.2, 0.25) is 0 Å². The summed E-state index contributed by atoms with van der Waals surface area (Å²) in [7, 11) is 0. The normalized spacial score (nSPS) is 11.2. The van der Waals surface area contributed by atoms with Crippen molar-refractivity contribution in [2.75, 3.05) is 0 Å². The number of benzene rings is 1. The zero-order valence-corrected chi connectivity index (χ0v) is 9.45. The third kappa shape index (κ3) is 4.15. The summed E-state index contributed by atoms with van der Waals surface area (Å²) >= 11 is -0.108. The van der Waals surface area contributed by atoms with Gasteiger partial charge in [-0.1, -0.05) is 12.1 Å². The lowest BCUT2D eigenvalue weighted by atomic mass is 10.1. The molecule has 0 amide bonds. The fourth-order valence-corrected chi connectivity index (χ4v) is 1.92. The summed E-state index contributed by atoms with van der Waals surface area (Å²) in [5, 5.41) is 8.40. The largest absolute Gasteiger partial charge is 0.446 e. The maximum absolute atomic E-state index is 12.2. The molecule has 0 aliphatic carbocycles. The highest BCUT2D eigenvalue weighted by molar-refractivity contribution is 8.00. The summed E-state index contributed by atoms with van der Waals surface area (Å²) in [6.07, 6.45) is 0.807. The summed E-state index contributed by atoms with van der Waals surface area (Å²) in [5.41, 5.74) is -2.90. The topological polar surface area (TPSA) is 23.8 Å². The van der Waals surface area contributed by atoms with Crippen LogP contribution >= 0.6 is 11.8 Å². The van der Waals surface area contributed by atoms with Crippen LogP contribution in [-0.2, 0) is 6.42 Å². The van der Waals surface area contributed by atoms with Crippen LogP contribution in [0.5, 0.6) is 0 Å². The number of thioether (sulfide) groups is 1. The molecule has 16 heavy (non-hydrogen) atoms. The van der Waals surface area contributed by atoms with E-state index in [2.05, 4.69) is 0 Å². The first-order valence-electron chi connectivity index (χ1n) is 4.64. The lowest BCUT2D eigenvalue weighted by Crippen LogP contribution is -2.00. The van der Waals surface area contributed by atoms with Crippen molar-refractivity contribution in [1.29, 1.82) is 5.26 Å². The van der Waals surface area contributed by atoms with E-state index in [0.717, 1.165) is 5.56 Å². The molecule has 0 aliphatic heterocycles. The number of halogens is 3. The molecule has 86 valence electrons. The molecule has 1 aromatic rings. The van der Waals surface area contributed by atoms with Gasteiger partial charge in [-0.05, 0) is 42.3 Å². The molecule has 0 aromatic heterocycles. The van der Waals surface area contributed by atoms with Crippen molar-refractivity contribution in [3.8, 4) is 6.07 Å². The summed E-state index contributed by atoms with van der Waals surface area (Å²) in [6, 6.07) is 6.88. The van der Waals surface area contributed by atoms with Gasteiger partial charge < -0.3 is 0 Å². The second-order valence-corrected chi connectivity index (χ2v) is 4.41. The number of nitriles is 1. The molecule has 1 rings (SSSR count). The maximum atomic E-state index is 12.2. The minimum Gasteiger partial charge on any atom is -0.198 e. The van der Waals surface area contributed by atoms with Crippen LogP contribution in [0.15, 0.2) is 23.1 Å². The minimum atomic E-state index is -4.27. The Labute approximate surface area is 96.3 Å². The number of nitrogens with zero attached hydrogens (tertiary/aromatic N) is 1. The van der Waals surface area contributed by atoms with Crippen LogP contribution in [0.2, 0.25) is 0 Å². The van der Waals surface area contributed by atoms with Crippen LogP contribution < -0.4 is 0 Å². The van der Waals surface area contributed by atoms with Crippen molar-refractivity contribution < 1.29 is 13.2 Å². The molecule has 0 bridgehead atoms. The first-order chi connectivity index (χ1) is 7.42. The van der Waals surface area contributed by atoms with Gasteiger partial charge in [-0.3, -0.25) is 0 Å². The Morgan fingerprint density at radius 1 is 1.38 bits per heavy atom. The zero-order valence-electron chi connectivity index (χ0n) is 8.64. The summed E-state index contributed by atoms with van der Waals surface area (Å²) in [5.74, 6) is 0. The molecule has 1 aromatic carbocycles. The molecule has 0 saturated heterocycles. The maximum Gasteiger partial charge on any atom is 0.446 e. The van der Waals surface area contributed by atoms with E-state index in [1.165, 1.54) is 6.07 Å². The number of rotatable bonds is 3. The first kappa shape index (κ1) is 12.9. The van der Waals surface area contributed by atoms with E-state index in [0.29, 0.717) is 18.4 Å². The van der Waals surface area contributed by atoms with E-state index in [1.54, 1.807) is 19.1 Å². The summed E-state index contributed by atoms with van der Waals surface area (Å²) in [4.78, 5) is 0.211. The van der Waals surface area contributed by atoms with Gasteiger partial charge in [0.25, 0.3) is 0 Å². The zero-order chi connectivity index (χ0) is 12.2. The molecule has 0 radical (unpaired) electrons. The monoisotopic (exact) mass is 245 g/mol. The van der Waals surface area contributed by atoms with E-state index in [1.807, 2.05) is 6.07 Å². The Hall–Kier alpha value is -1.15. The average molecular weight is 245 g/mol. The summed E-state index contributed by atoms with van der Waals surface area (Å²) < 4.78 is 36.6. The lowest BCUT2D eigenvalue weighted by Gasteiger charge is -2.09. The number of aryl methyl sites for hydroxylation is 2. The fourth-order valence-electron chi connectivity index (χ4n) is 1.23. The predicted octanol–water partition coefficient (Wildman–Crippen LogP) is 4.06. The van der Waals surface area contributed by atoms with Gasteiger partial charge in [0.15, 0.2) is 0 Å². The van der Waals surface area contributed by atoms with E-state index >= 15 is 0 Å². The minimum absolute atomic E-state index is 0.108. The Morgan fingerprint density at radius 3 is 2.62 bits per heavy atom. The van der Waals surface area contributed by atoms with Crippen LogP contribution in [0.1, 0.15) is 17.5 Å². The molecule has 0 unspecified atom stereocenters. The van der Waals surface area contributed by atoms with Gasteiger partial charge in [-0.15, -0.1) is 0 Å². The van der Waals surface area contributed by atoms with E-state index < -0.39 is 5.51 Å². The summed E-state index contributed by atoms with van der Waals surface area (Å²) in [6.45, 7) is 1.64.